The molecule has 0 radical (unpaired) electrons. The number of rotatable bonds is 5. The van der Waals surface area contributed by atoms with Crippen LogP contribution in [0.2, 0.25) is 0 Å². The maximum atomic E-state index is 9.16. The van der Waals surface area contributed by atoms with Crippen LogP contribution >= 0.6 is 0 Å². The molecule has 0 bridgehead atoms. The largest absolute Gasteiger partial charge is 0.385 e. The minimum absolute atomic E-state index is 0.706. The van der Waals surface area contributed by atoms with Crippen LogP contribution < -0.4 is 5.32 Å². The van der Waals surface area contributed by atoms with E-state index in [1.807, 2.05) is 36.4 Å². The van der Waals surface area contributed by atoms with E-state index >= 15 is 0 Å². The number of H-pyrrole nitrogens is 1. The lowest BCUT2D eigenvalue weighted by Gasteiger charge is -2.10. The molecule has 0 atom stereocenters. The van der Waals surface area contributed by atoms with E-state index in [1.165, 1.54) is 6.33 Å². The van der Waals surface area contributed by atoms with Crippen molar-refractivity contribution in [2.24, 2.45) is 0 Å². The summed E-state index contributed by atoms with van der Waals surface area (Å²) < 4.78 is 0. The monoisotopic (exact) mass is 277 g/mol. The lowest BCUT2D eigenvalue weighted by Crippen LogP contribution is -2.04. The number of nitriles is 1. The average molecular weight is 277 g/mol. The number of nitrogens with zero attached hydrogens (tertiary/aromatic N) is 3. The van der Waals surface area contributed by atoms with E-state index in [9.17, 15) is 0 Å². The molecule has 0 saturated carbocycles. The number of aromatic nitrogens is 3. The zero-order valence-electron chi connectivity index (χ0n) is 11.5. The molecule has 0 aliphatic carbocycles. The summed E-state index contributed by atoms with van der Waals surface area (Å²) in [4.78, 5) is 4.10. The Labute approximate surface area is 122 Å². The predicted molar refractivity (Wildman–Crippen MR) is 81.9 cm³/mol. The minimum atomic E-state index is 0.706. The molecule has 5 nitrogen and oxygen atoms in total. The van der Waals surface area contributed by atoms with Crippen molar-refractivity contribution in [1.82, 2.24) is 15.2 Å². The molecule has 0 saturated heterocycles. The number of anilines is 1. The quantitative estimate of drug-likeness (QED) is 0.703. The Morgan fingerprint density at radius 1 is 1.14 bits per heavy atom. The highest BCUT2D eigenvalue weighted by Gasteiger charge is 2.04. The van der Waals surface area contributed by atoms with Gasteiger partial charge in [0.2, 0.25) is 0 Å². The Morgan fingerprint density at radius 3 is 2.76 bits per heavy atom. The Kier molecular flexibility index (Phi) is 3.79. The number of aryl methyl sites for hydroxylation is 1. The minimum Gasteiger partial charge on any atom is -0.385 e. The summed E-state index contributed by atoms with van der Waals surface area (Å²) in [5, 5.41) is 21.3. The summed E-state index contributed by atoms with van der Waals surface area (Å²) in [7, 11) is 0. The first-order valence-corrected chi connectivity index (χ1v) is 6.88. The third-order valence-corrected chi connectivity index (χ3v) is 3.42. The van der Waals surface area contributed by atoms with Crippen molar-refractivity contribution in [3.8, 4) is 6.07 Å². The maximum Gasteiger partial charge on any atom is 0.137 e. The van der Waals surface area contributed by atoms with Crippen LogP contribution in [0.25, 0.3) is 10.8 Å². The highest BCUT2D eigenvalue weighted by atomic mass is 15.2. The van der Waals surface area contributed by atoms with Gasteiger partial charge in [-0.3, -0.25) is 5.10 Å². The van der Waals surface area contributed by atoms with Gasteiger partial charge in [-0.2, -0.15) is 10.4 Å². The van der Waals surface area contributed by atoms with Crippen LogP contribution in [0.1, 0.15) is 17.8 Å². The summed E-state index contributed by atoms with van der Waals surface area (Å²) in [6, 6.07) is 14.0. The van der Waals surface area contributed by atoms with Crippen molar-refractivity contribution in [1.29, 1.82) is 5.26 Å². The highest BCUT2D eigenvalue weighted by Crippen LogP contribution is 2.26. The number of nitrogens with one attached hydrogen (secondary N) is 2. The van der Waals surface area contributed by atoms with Crippen LogP contribution in [0.15, 0.2) is 42.7 Å². The highest BCUT2D eigenvalue weighted by molar-refractivity contribution is 5.97. The van der Waals surface area contributed by atoms with Crippen LogP contribution in [-0.2, 0) is 6.42 Å². The fourth-order valence-electron chi connectivity index (χ4n) is 2.38. The Morgan fingerprint density at radius 2 is 2.00 bits per heavy atom. The van der Waals surface area contributed by atoms with E-state index < -0.39 is 0 Å². The molecule has 21 heavy (non-hydrogen) atoms. The van der Waals surface area contributed by atoms with E-state index in [1.54, 1.807) is 0 Å². The van der Waals surface area contributed by atoms with Gasteiger partial charge >= 0.3 is 0 Å². The number of benzene rings is 2. The smallest absolute Gasteiger partial charge is 0.137 e. The second-order valence-electron chi connectivity index (χ2n) is 4.78. The topological polar surface area (TPSA) is 77.4 Å². The van der Waals surface area contributed by atoms with Crippen LogP contribution in [0.5, 0.6) is 0 Å². The van der Waals surface area contributed by atoms with Crippen molar-refractivity contribution in [3.05, 3.63) is 54.1 Å². The summed E-state index contributed by atoms with van der Waals surface area (Å²) in [5.41, 5.74) is 1.76. The molecule has 0 aliphatic heterocycles. The second-order valence-corrected chi connectivity index (χ2v) is 4.78. The normalized spacial score (nSPS) is 10.4. The summed E-state index contributed by atoms with van der Waals surface area (Å²) in [6.45, 7) is 0.844. The summed E-state index contributed by atoms with van der Waals surface area (Å²) >= 11 is 0. The van der Waals surface area contributed by atoms with Gasteiger partial charge in [0, 0.05) is 29.4 Å². The van der Waals surface area contributed by atoms with E-state index in [0.717, 1.165) is 41.7 Å². The molecule has 0 aliphatic rings. The van der Waals surface area contributed by atoms with Crippen LogP contribution in [0, 0.1) is 11.3 Å². The summed E-state index contributed by atoms with van der Waals surface area (Å²) in [5.74, 6) is 0.904. The van der Waals surface area contributed by atoms with E-state index in [0.29, 0.717) is 5.56 Å². The number of aromatic amines is 1. The van der Waals surface area contributed by atoms with Gasteiger partial charge in [0.05, 0.1) is 11.6 Å². The number of hydrogen-bond donors (Lipinski definition) is 2. The third kappa shape index (κ3) is 2.84. The van der Waals surface area contributed by atoms with Gasteiger partial charge in [-0.15, -0.1) is 0 Å². The zero-order valence-corrected chi connectivity index (χ0v) is 11.5. The van der Waals surface area contributed by atoms with Gasteiger partial charge in [-0.25, -0.2) is 4.98 Å². The molecule has 2 aromatic carbocycles. The first kappa shape index (κ1) is 13.1. The van der Waals surface area contributed by atoms with E-state index in [4.69, 9.17) is 5.26 Å². The standard InChI is InChI=1S/C16H15N5/c17-10-12-7-8-15(14-5-2-1-4-13(12)14)18-9-3-6-16-19-11-20-21-16/h1-2,4-5,7-8,11,18H,3,6,9H2,(H,19,20,21). The number of fused-ring (bicyclic) bond motifs is 1. The van der Waals surface area contributed by atoms with Crippen molar-refractivity contribution < 1.29 is 0 Å². The first-order chi connectivity index (χ1) is 10.4. The molecular formula is C16H15N5. The third-order valence-electron chi connectivity index (χ3n) is 3.42. The molecule has 3 aromatic rings. The molecule has 2 N–H and O–H groups in total. The van der Waals surface area contributed by atoms with Gasteiger partial charge in [0.1, 0.15) is 12.2 Å². The predicted octanol–water partition coefficient (Wildman–Crippen LogP) is 2.87. The van der Waals surface area contributed by atoms with Gasteiger partial charge in [0.25, 0.3) is 0 Å². The summed E-state index contributed by atoms with van der Waals surface area (Å²) in [6.07, 6.45) is 3.35. The second kappa shape index (κ2) is 6.06. The van der Waals surface area contributed by atoms with E-state index in [2.05, 4.69) is 26.6 Å². The molecule has 104 valence electrons. The maximum absolute atomic E-state index is 9.16. The van der Waals surface area contributed by atoms with Gasteiger partial charge < -0.3 is 5.32 Å². The van der Waals surface area contributed by atoms with Crippen LogP contribution in [0.3, 0.4) is 0 Å². The molecule has 1 heterocycles. The molecule has 0 unspecified atom stereocenters. The van der Waals surface area contributed by atoms with Gasteiger partial charge in [-0.05, 0) is 18.6 Å². The zero-order chi connectivity index (χ0) is 14.5. The van der Waals surface area contributed by atoms with Gasteiger partial charge in [0.15, 0.2) is 0 Å². The fourth-order valence-corrected chi connectivity index (χ4v) is 2.38. The molecule has 1 aromatic heterocycles. The van der Waals surface area contributed by atoms with Gasteiger partial charge in [-0.1, -0.05) is 24.3 Å². The molecule has 3 rings (SSSR count). The van der Waals surface area contributed by atoms with Crippen molar-refractivity contribution in [3.63, 3.8) is 0 Å². The van der Waals surface area contributed by atoms with Crippen molar-refractivity contribution >= 4 is 16.5 Å². The molecule has 0 amide bonds. The fraction of sp³-hybridized carbons (Fsp3) is 0.188. The first-order valence-electron chi connectivity index (χ1n) is 6.88. The Bertz CT molecular complexity index is 771. The SMILES string of the molecule is N#Cc1ccc(NCCCc2ncn[nH]2)c2ccccc12. The van der Waals surface area contributed by atoms with E-state index in [-0.39, 0.29) is 0 Å². The lowest BCUT2D eigenvalue weighted by atomic mass is 10.0. The Hall–Kier alpha value is -2.87. The molecule has 5 heteroatoms. The number of hydrogen-bond acceptors (Lipinski definition) is 4. The average Bonchev–Trinajstić information content (AvgIpc) is 3.05. The van der Waals surface area contributed by atoms with Crippen LogP contribution in [0.4, 0.5) is 5.69 Å². The van der Waals surface area contributed by atoms with Crippen LogP contribution in [-0.4, -0.2) is 21.7 Å². The Balaban J connectivity index is 1.71. The van der Waals surface area contributed by atoms with Crippen molar-refractivity contribution in [2.45, 2.75) is 12.8 Å². The molecule has 0 spiro atoms. The van der Waals surface area contributed by atoms with Crippen molar-refractivity contribution in [2.75, 3.05) is 11.9 Å². The lowest BCUT2D eigenvalue weighted by molar-refractivity contribution is 0.806. The molecule has 0 fully saturated rings. The molecular weight excluding hydrogens is 262 g/mol.